The van der Waals surface area contributed by atoms with E-state index < -0.39 is 28.0 Å². The van der Waals surface area contributed by atoms with Crippen molar-refractivity contribution in [1.29, 1.82) is 0 Å². The number of carbonyl (C=O) groups excluding carboxylic acids is 3. The molecular formula is C19H20N2O6S. The number of rotatable bonds is 7. The minimum absolute atomic E-state index is 0.0154. The lowest BCUT2D eigenvalue weighted by molar-refractivity contribution is -0.123. The number of sulfonamides is 1. The molecule has 1 amide bonds. The van der Waals surface area contributed by atoms with E-state index in [0.29, 0.717) is 11.3 Å². The van der Waals surface area contributed by atoms with E-state index in [1.807, 2.05) is 0 Å². The van der Waals surface area contributed by atoms with Crippen LogP contribution in [-0.4, -0.2) is 38.4 Å². The third kappa shape index (κ3) is 5.92. The van der Waals surface area contributed by atoms with Crippen LogP contribution >= 0.6 is 0 Å². The molecule has 28 heavy (non-hydrogen) atoms. The van der Waals surface area contributed by atoms with Crippen molar-refractivity contribution in [2.45, 2.75) is 20.0 Å². The maximum Gasteiger partial charge on any atom is 0.341 e. The Bertz CT molecular complexity index is 999. The number of carbonyl (C=O) groups is 3. The number of Topliss-reactive ketones (excluding diaryl/α,β-unsaturated/α-hetero) is 1. The number of benzene rings is 2. The summed E-state index contributed by atoms with van der Waals surface area (Å²) in [6.07, 6.45) is -0.172. The van der Waals surface area contributed by atoms with Gasteiger partial charge in [0.25, 0.3) is 5.91 Å². The zero-order valence-corrected chi connectivity index (χ0v) is 16.4. The number of hydrogen-bond acceptors (Lipinski definition) is 6. The van der Waals surface area contributed by atoms with Gasteiger partial charge in [-0.1, -0.05) is 12.1 Å². The molecule has 2 aromatic carbocycles. The van der Waals surface area contributed by atoms with E-state index in [4.69, 9.17) is 4.74 Å². The SMILES string of the molecule is CC(=O)c1ccc(NC(=O)[C@@H](C)OC(=O)c2ccccc2NS(C)(=O)=O)cc1. The first-order chi connectivity index (χ1) is 13.1. The number of amides is 1. The van der Waals surface area contributed by atoms with Crippen LogP contribution in [0.1, 0.15) is 34.6 Å². The van der Waals surface area contributed by atoms with Gasteiger partial charge in [0.2, 0.25) is 10.0 Å². The molecule has 0 heterocycles. The van der Waals surface area contributed by atoms with Crippen LogP contribution in [0.2, 0.25) is 0 Å². The van der Waals surface area contributed by atoms with Gasteiger partial charge in [-0.15, -0.1) is 0 Å². The van der Waals surface area contributed by atoms with Crippen molar-refractivity contribution in [1.82, 2.24) is 0 Å². The van der Waals surface area contributed by atoms with E-state index in [1.54, 1.807) is 36.4 Å². The van der Waals surface area contributed by atoms with Crippen LogP contribution in [0.25, 0.3) is 0 Å². The van der Waals surface area contributed by atoms with Crippen molar-refractivity contribution in [3.05, 3.63) is 59.7 Å². The lowest BCUT2D eigenvalue weighted by Gasteiger charge is -2.15. The number of ether oxygens (including phenoxy) is 1. The van der Waals surface area contributed by atoms with E-state index in [9.17, 15) is 22.8 Å². The Hall–Kier alpha value is -3.20. The van der Waals surface area contributed by atoms with E-state index in [0.717, 1.165) is 6.26 Å². The third-order valence-corrected chi connectivity index (χ3v) is 4.25. The lowest BCUT2D eigenvalue weighted by Crippen LogP contribution is -2.30. The van der Waals surface area contributed by atoms with Gasteiger partial charge in [0.05, 0.1) is 17.5 Å². The largest absolute Gasteiger partial charge is 0.449 e. The standard InChI is InChI=1S/C19H20N2O6S/c1-12(22)14-8-10-15(11-9-14)20-18(23)13(2)27-19(24)16-6-4-5-7-17(16)21-28(3,25)26/h4-11,13,21H,1-3H3,(H,20,23)/t13-/m1/s1. The normalized spacial score (nSPS) is 12.0. The van der Waals surface area contributed by atoms with Gasteiger partial charge in [-0.05, 0) is 50.2 Å². The Labute approximate surface area is 163 Å². The van der Waals surface area contributed by atoms with Crippen molar-refractivity contribution < 1.29 is 27.5 Å². The predicted molar refractivity (Wildman–Crippen MR) is 105 cm³/mol. The average Bonchev–Trinajstić information content (AvgIpc) is 2.61. The zero-order chi connectivity index (χ0) is 20.9. The van der Waals surface area contributed by atoms with Gasteiger partial charge in [0.1, 0.15) is 0 Å². The molecule has 0 saturated heterocycles. The number of anilines is 2. The molecule has 148 valence electrons. The summed E-state index contributed by atoms with van der Waals surface area (Å²) >= 11 is 0. The highest BCUT2D eigenvalue weighted by atomic mass is 32.2. The molecule has 0 saturated carbocycles. The fourth-order valence-corrected chi connectivity index (χ4v) is 2.84. The molecule has 2 rings (SSSR count). The molecule has 0 aliphatic heterocycles. The molecule has 9 heteroatoms. The first kappa shape index (κ1) is 21.1. The van der Waals surface area contributed by atoms with Gasteiger partial charge >= 0.3 is 5.97 Å². The van der Waals surface area contributed by atoms with Crippen LogP contribution < -0.4 is 10.0 Å². The van der Waals surface area contributed by atoms with Crippen molar-refractivity contribution in [2.24, 2.45) is 0 Å². The van der Waals surface area contributed by atoms with E-state index in [-0.39, 0.29) is 17.0 Å². The quantitative estimate of drug-likeness (QED) is 0.540. The number of hydrogen-bond donors (Lipinski definition) is 2. The summed E-state index contributed by atoms with van der Waals surface area (Å²) in [5, 5.41) is 2.58. The number of ketones is 1. The Morgan fingerprint density at radius 3 is 2.18 bits per heavy atom. The second-order valence-corrected chi connectivity index (χ2v) is 7.84. The average molecular weight is 404 g/mol. The fourth-order valence-electron chi connectivity index (χ4n) is 2.26. The number of esters is 1. The smallest absolute Gasteiger partial charge is 0.341 e. The highest BCUT2D eigenvalue weighted by molar-refractivity contribution is 7.92. The van der Waals surface area contributed by atoms with Crippen molar-refractivity contribution in [2.75, 3.05) is 16.3 Å². The van der Waals surface area contributed by atoms with Crippen molar-refractivity contribution in [3.63, 3.8) is 0 Å². The summed E-state index contributed by atoms with van der Waals surface area (Å²) in [6.45, 7) is 2.83. The van der Waals surface area contributed by atoms with E-state index in [2.05, 4.69) is 10.0 Å². The van der Waals surface area contributed by atoms with Gasteiger partial charge in [-0.3, -0.25) is 14.3 Å². The summed E-state index contributed by atoms with van der Waals surface area (Å²) < 4.78 is 30.2. The van der Waals surface area contributed by atoms with Crippen molar-refractivity contribution in [3.8, 4) is 0 Å². The summed E-state index contributed by atoms with van der Waals surface area (Å²) in [7, 11) is -3.59. The first-order valence-corrected chi connectivity index (χ1v) is 10.2. The summed E-state index contributed by atoms with van der Waals surface area (Å²) in [5.41, 5.74) is 0.991. The molecule has 0 fully saturated rings. The number of nitrogens with one attached hydrogen (secondary N) is 2. The topological polar surface area (TPSA) is 119 Å². The van der Waals surface area contributed by atoms with Gasteiger partial charge in [0, 0.05) is 11.3 Å². The molecule has 0 spiro atoms. The Balaban J connectivity index is 2.06. The Kier molecular flexibility index (Phi) is 6.53. The zero-order valence-electron chi connectivity index (χ0n) is 15.6. The molecule has 0 unspecified atom stereocenters. The second-order valence-electron chi connectivity index (χ2n) is 6.09. The van der Waals surface area contributed by atoms with Crippen LogP contribution in [0.15, 0.2) is 48.5 Å². The van der Waals surface area contributed by atoms with Gasteiger partial charge < -0.3 is 10.1 Å². The predicted octanol–water partition coefficient (Wildman–Crippen LogP) is 2.44. The molecule has 2 aromatic rings. The Morgan fingerprint density at radius 1 is 1.00 bits per heavy atom. The molecule has 0 aliphatic rings. The summed E-state index contributed by atoms with van der Waals surface area (Å²) in [6, 6.07) is 12.2. The molecule has 2 N–H and O–H groups in total. The maximum absolute atomic E-state index is 12.4. The molecule has 1 atom stereocenters. The third-order valence-electron chi connectivity index (χ3n) is 3.65. The minimum Gasteiger partial charge on any atom is -0.449 e. The van der Waals surface area contributed by atoms with Gasteiger partial charge in [0.15, 0.2) is 11.9 Å². The first-order valence-electron chi connectivity index (χ1n) is 8.26. The van der Waals surface area contributed by atoms with Crippen LogP contribution in [0.5, 0.6) is 0 Å². The minimum atomic E-state index is -3.59. The molecule has 0 radical (unpaired) electrons. The molecule has 0 aliphatic carbocycles. The lowest BCUT2D eigenvalue weighted by atomic mass is 10.1. The maximum atomic E-state index is 12.4. The molecule has 0 bridgehead atoms. The second kappa shape index (κ2) is 8.66. The van der Waals surface area contributed by atoms with Gasteiger partial charge in [-0.25, -0.2) is 13.2 Å². The van der Waals surface area contributed by atoms with Crippen LogP contribution in [0.4, 0.5) is 11.4 Å². The molecular weight excluding hydrogens is 384 g/mol. The van der Waals surface area contributed by atoms with Gasteiger partial charge in [-0.2, -0.15) is 0 Å². The van der Waals surface area contributed by atoms with Crippen LogP contribution in [0, 0.1) is 0 Å². The highest BCUT2D eigenvalue weighted by Gasteiger charge is 2.21. The van der Waals surface area contributed by atoms with Crippen LogP contribution in [-0.2, 0) is 19.6 Å². The molecule has 0 aromatic heterocycles. The number of para-hydroxylation sites is 1. The summed E-state index contributed by atoms with van der Waals surface area (Å²) in [4.78, 5) is 35.9. The van der Waals surface area contributed by atoms with E-state index in [1.165, 1.54) is 26.0 Å². The Morgan fingerprint density at radius 2 is 1.61 bits per heavy atom. The fraction of sp³-hybridized carbons (Fsp3) is 0.211. The summed E-state index contributed by atoms with van der Waals surface area (Å²) in [5.74, 6) is -1.51. The monoisotopic (exact) mass is 404 g/mol. The van der Waals surface area contributed by atoms with Crippen molar-refractivity contribution >= 4 is 39.1 Å². The van der Waals surface area contributed by atoms with Crippen LogP contribution in [0.3, 0.4) is 0 Å². The van der Waals surface area contributed by atoms with E-state index >= 15 is 0 Å². The molecule has 8 nitrogen and oxygen atoms in total. The highest BCUT2D eigenvalue weighted by Crippen LogP contribution is 2.18.